The van der Waals surface area contributed by atoms with Gasteiger partial charge in [-0.15, -0.1) is 0 Å². The summed E-state index contributed by atoms with van der Waals surface area (Å²) in [7, 11) is 0. The average molecular weight is 325 g/mol. The van der Waals surface area contributed by atoms with Crippen LogP contribution in [0.15, 0.2) is 0 Å². The fraction of sp³-hybridized carbons (Fsp3) is 1.00. The first-order chi connectivity index (χ1) is 10.6. The molecule has 5 atom stereocenters. The SMILES string of the molecule is CC(C)(C)C1CCC(CN2CC3CC(C2)N3C(C)(C)C)CC1F. The molecular weight excluding hydrogens is 287 g/mol. The molecule has 3 heteroatoms. The first kappa shape index (κ1) is 17.7. The van der Waals surface area contributed by atoms with Gasteiger partial charge in [-0.1, -0.05) is 20.8 Å². The van der Waals surface area contributed by atoms with E-state index in [4.69, 9.17) is 0 Å². The van der Waals surface area contributed by atoms with E-state index in [9.17, 15) is 4.39 Å². The first-order valence-electron chi connectivity index (χ1n) is 9.70. The van der Waals surface area contributed by atoms with Gasteiger partial charge in [-0.3, -0.25) is 9.80 Å². The molecule has 0 aromatic rings. The lowest BCUT2D eigenvalue weighted by Crippen LogP contribution is -2.73. The molecule has 0 amide bonds. The Labute approximate surface area is 142 Å². The number of hydrogen-bond acceptors (Lipinski definition) is 2. The van der Waals surface area contributed by atoms with Crippen molar-refractivity contribution in [1.29, 1.82) is 0 Å². The van der Waals surface area contributed by atoms with Gasteiger partial charge < -0.3 is 0 Å². The van der Waals surface area contributed by atoms with Gasteiger partial charge in [-0.05, 0) is 63.7 Å². The molecule has 3 heterocycles. The lowest BCUT2D eigenvalue weighted by molar-refractivity contribution is -0.123. The van der Waals surface area contributed by atoms with Crippen LogP contribution in [-0.2, 0) is 0 Å². The number of fused-ring (bicyclic) bond motifs is 2. The van der Waals surface area contributed by atoms with Crippen molar-refractivity contribution in [1.82, 2.24) is 9.80 Å². The normalized spacial score (nSPS) is 40.0. The van der Waals surface area contributed by atoms with Gasteiger partial charge in [-0.25, -0.2) is 4.39 Å². The minimum Gasteiger partial charge on any atom is -0.300 e. The standard InChI is InChI=1S/C20H37FN2/c1-19(2,3)17-8-7-14(9-18(17)21)11-22-12-15-10-16(13-22)23(15)20(4,5)6/h14-18H,7-13H2,1-6H3. The number of nitrogens with zero attached hydrogens (tertiary/aromatic N) is 2. The Kier molecular flexibility index (Phi) is 4.59. The average Bonchev–Trinajstić information content (AvgIpc) is 2.34. The Morgan fingerprint density at radius 1 is 0.913 bits per heavy atom. The monoisotopic (exact) mass is 324 g/mol. The summed E-state index contributed by atoms with van der Waals surface area (Å²) in [6.07, 6.45) is 3.85. The number of rotatable bonds is 2. The van der Waals surface area contributed by atoms with Crippen molar-refractivity contribution in [2.24, 2.45) is 17.3 Å². The van der Waals surface area contributed by atoms with E-state index in [0.717, 1.165) is 31.5 Å². The van der Waals surface area contributed by atoms with E-state index in [1.54, 1.807) is 0 Å². The fourth-order valence-corrected chi connectivity index (χ4v) is 5.64. The van der Waals surface area contributed by atoms with Crippen molar-refractivity contribution < 1.29 is 4.39 Å². The molecule has 3 aliphatic heterocycles. The van der Waals surface area contributed by atoms with Crippen molar-refractivity contribution in [3.8, 4) is 0 Å². The van der Waals surface area contributed by atoms with Crippen LogP contribution in [0.1, 0.15) is 67.2 Å². The highest BCUT2D eigenvalue weighted by atomic mass is 19.1. The van der Waals surface area contributed by atoms with Crippen molar-refractivity contribution >= 4 is 0 Å². The van der Waals surface area contributed by atoms with E-state index < -0.39 is 6.17 Å². The van der Waals surface area contributed by atoms with Crippen LogP contribution in [0, 0.1) is 17.3 Å². The summed E-state index contributed by atoms with van der Waals surface area (Å²) in [5.41, 5.74) is 0.416. The molecule has 0 N–H and O–H groups in total. The van der Waals surface area contributed by atoms with Gasteiger partial charge in [0.25, 0.3) is 0 Å². The molecule has 23 heavy (non-hydrogen) atoms. The molecule has 5 unspecified atom stereocenters. The molecule has 3 saturated heterocycles. The minimum absolute atomic E-state index is 0.115. The maximum Gasteiger partial charge on any atom is 0.104 e. The topological polar surface area (TPSA) is 6.48 Å². The Hall–Kier alpha value is -0.150. The zero-order valence-corrected chi connectivity index (χ0v) is 16.1. The van der Waals surface area contributed by atoms with E-state index in [1.165, 1.54) is 25.9 Å². The highest BCUT2D eigenvalue weighted by Gasteiger charge is 2.49. The van der Waals surface area contributed by atoms with Crippen LogP contribution in [0.5, 0.6) is 0 Å². The van der Waals surface area contributed by atoms with Crippen LogP contribution >= 0.6 is 0 Å². The molecule has 1 saturated carbocycles. The number of hydrogen-bond donors (Lipinski definition) is 0. The number of halogens is 1. The van der Waals surface area contributed by atoms with Crippen molar-refractivity contribution in [2.45, 2.75) is 91.0 Å². The molecule has 0 spiro atoms. The summed E-state index contributed by atoms with van der Waals surface area (Å²) < 4.78 is 14.6. The summed E-state index contributed by atoms with van der Waals surface area (Å²) in [5.74, 6) is 0.828. The third-order valence-electron chi connectivity index (χ3n) is 6.55. The van der Waals surface area contributed by atoms with Gasteiger partial charge in [0.15, 0.2) is 0 Å². The van der Waals surface area contributed by atoms with Crippen LogP contribution < -0.4 is 0 Å². The van der Waals surface area contributed by atoms with Crippen molar-refractivity contribution in [3.05, 3.63) is 0 Å². The Morgan fingerprint density at radius 3 is 2.00 bits per heavy atom. The van der Waals surface area contributed by atoms with Crippen LogP contribution in [0.4, 0.5) is 4.39 Å². The number of piperazine rings is 1. The van der Waals surface area contributed by atoms with Gasteiger partial charge >= 0.3 is 0 Å². The second-order valence-electron chi connectivity index (χ2n) is 10.5. The summed E-state index contributed by atoms with van der Waals surface area (Å²) in [6, 6.07) is 1.47. The zero-order chi connectivity index (χ0) is 17.0. The molecule has 0 aromatic carbocycles. The molecule has 2 nitrogen and oxygen atoms in total. The van der Waals surface area contributed by atoms with Crippen LogP contribution in [0.25, 0.3) is 0 Å². The first-order valence-corrected chi connectivity index (χ1v) is 9.70. The van der Waals surface area contributed by atoms with E-state index in [0.29, 0.717) is 11.5 Å². The quantitative estimate of drug-likeness (QED) is 0.745. The molecule has 4 aliphatic rings. The van der Waals surface area contributed by atoms with E-state index in [-0.39, 0.29) is 11.3 Å². The van der Waals surface area contributed by atoms with Crippen LogP contribution in [0.2, 0.25) is 0 Å². The number of alkyl halides is 1. The third-order valence-corrected chi connectivity index (χ3v) is 6.55. The predicted octanol–water partition coefficient (Wildman–Crippen LogP) is 4.34. The molecule has 1 aliphatic carbocycles. The molecule has 0 radical (unpaired) electrons. The largest absolute Gasteiger partial charge is 0.300 e. The molecule has 0 aromatic heterocycles. The van der Waals surface area contributed by atoms with E-state index in [1.807, 2.05) is 0 Å². The maximum absolute atomic E-state index is 14.6. The van der Waals surface area contributed by atoms with Crippen LogP contribution in [0.3, 0.4) is 0 Å². The molecule has 134 valence electrons. The lowest BCUT2D eigenvalue weighted by atomic mass is 9.68. The molecular formula is C20H37FN2. The summed E-state index contributed by atoms with van der Waals surface area (Å²) >= 11 is 0. The third kappa shape index (κ3) is 3.61. The predicted molar refractivity (Wildman–Crippen MR) is 95.4 cm³/mol. The summed E-state index contributed by atoms with van der Waals surface area (Å²) in [6.45, 7) is 17.1. The molecule has 2 bridgehead atoms. The zero-order valence-electron chi connectivity index (χ0n) is 16.1. The summed E-state index contributed by atoms with van der Waals surface area (Å²) in [4.78, 5) is 5.34. The van der Waals surface area contributed by atoms with Crippen LogP contribution in [-0.4, -0.2) is 53.2 Å². The molecule has 4 rings (SSSR count). The Balaban J connectivity index is 1.50. The Morgan fingerprint density at radius 2 is 1.52 bits per heavy atom. The Bertz CT molecular complexity index is 387. The van der Waals surface area contributed by atoms with Gasteiger partial charge in [0, 0.05) is 37.3 Å². The lowest BCUT2D eigenvalue weighted by Gasteiger charge is -2.62. The van der Waals surface area contributed by atoms with Gasteiger partial charge in [-0.2, -0.15) is 0 Å². The number of piperidine rings is 1. The molecule has 4 fully saturated rings. The maximum atomic E-state index is 14.6. The van der Waals surface area contributed by atoms with Gasteiger partial charge in [0.05, 0.1) is 0 Å². The van der Waals surface area contributed by atoms with Crippen molar-refractivity contribution in [2.75, 3.05) is 19.6 Å². The smallest absolute Gasteiger partial charge is 0.104 e. The van der Waals surface area contributed by atoms with E-state index in [2.05, 4.69) is 51.3 Å². The van der Waals surface area contributed by atoms with Gasteiger partial charge in [0.2, 0.25) is 0 Å². The van der Waals surface area contributed by atoms with E-state index >= 15 is 0 Å². The van der Waals surface area contributed by atoms with Crippen molar-refractivity contribution in [3.63, 3.8) is 0 Å². The second-order valence-corrected chi connectivity index (χ2v) is 10.5. The van der Waals surface area contributed by atoms with Gasteiger partial charge in [0.1, 0.15) is 6.17 Å². The second kappa shape index (κ2) is 5.98. The fourth-order valence-electron chi connectivity index (χ4n) is 5.64. The minimum atomic E-state index is -0.598. The summed E-state index contributed by atoms with van der Waals surface area (Å²) in [5, 5.41) is 0. The highest BCUT2D eigenvalue weighted by Crippen LogP contribution is 2.43. The highest BCUT2D eigenvalue weighted by molar-refractivity contribution is 5.05.